The molecule has 0 amide bonds. The van der Waals surface area contributed by atoms with Crippen molar-refractivity contribution in [2.24, 2.45) is 7.05 Å². The van der Waals surface area contributed by atoms with E-state index in [9.17, 15) is 9.59 Å². The summed E-state index contributed by atoms with van der Waals surface area (Å²) in [7, 11) is 1.70. The molecule has 0 fully saturated rings. The molecule has 0 atom stereocenters. The van der Waals surface area contributed by atoms with E-state index in [1.54, 1.807) is 23.0 Å². The summed E-state index contributed by atoms with van der Waals surface area (Å²) in [6, 6.07) is 0. The topological polar surface area (TPSA) is 82.9 Å². The van der Waals surface area contributed by atoms with Crippen molar-refractivity contribution in [1.29, 1.82) is 0 Å². The second-order valence-electron chi connectivity index (χ2n) is 5.44. The molecule has 0 radical (unpaired) electrons. The molecule has 0 bridgehead atoms. The molecule has 1 aliphatic rings. The van der Waals surface area contributed by atoms with Crippen LogP contribution in [0.3, 0.4) is 0 Å². The highest BCUT2D eigenvalue weighted by Gasteiger charge is 2.24. The van der Waals surface area contributed by atoms with Gasteiger partial charge in [0.2, 0.25) is 5.89 Å². The lowest BCUT2D eigenvalue weighted by Crippen LogP contribution is -2.39. The zero-order valence-electron chi connectivity index (χ0n) is 12.7. The Labute approximate surface area is 139 Å². The fourth-order valence-corrected chi connectivity index (χ4v) is 4.63. The fourth-order valence-electron chi connectivity index (χ4n) is 3.00. The average Bonchev–Trinajstić information content (AvgIpc) is 3.24. The van der Waals surface area contributed by atoms with Crippen molar-refractivity contribution in [3.05, 3.63) is 37.2 Å². The van der Waals surface area contributed by atoms with Crippen molar-refractivity contribution in [2.75, 3.05) is 6.26 Å². The molecule has 0 spiro atoms. The van der Waals surface area contributed by atoms with Crippen LogP contribution in [0.5, 0.6) is 0 Å². The van der Waals surface area contributed by atoms with Gasteiger partial charge >= 0.3 is 5.69 Å². The van der Waals surface area contributed by atoms with Crippen LogP contribution in [0.2, 0.25) is 0 Å². The van der Waals surface area contributed by atoms with Crippen LogP contribution in [-0.4, -0.2) is 25.6 Å². The van der Waals surface area contributed by atoms with E-state index in [0.29, 0.717) is 10.6 Å². The summed E-state index contributed by atoms with van der Waals surface area (Å²) in [6.07, 6.45) is 4.78. The predicted octanol–water partition coefficient (Wildman–Crippen LogP) is 1.40. The molecule has 0 saturated heterocycles. The minimum Gasteiger partial charge on any atom is -0.414 e. The number of aromatic nitrogens is 4. The number of thioether (sulfide) groups is 1. The standard InChI is InChI=1S/C14H14N4O3S2/c1-17-12-10(7-4-3-5-8(7)23-12)11(19)18(14(17)20)6-9-15-16-13(21-9)22-2/h3-6H2,1-2H3. The minimum absolute atomic E-state index is 0.000370. The van der Waals surface area contributed by atoms with Gasteiger partial charge in [0.05, 0.1) is 5.39 Å². The minimum atomic E-state index is -0.355. The number of thiophene rings is 1. The van der Waals surface area contributed by atoms with Crippen molar-refractivity contribution >= 4 is 33.3 Å². The molecule has 7 nitrogen and oxygen atoms in total. The largest absolute Gasteiger partial charge is 0.414 e. The van der Waals surface area contributed by atoms with Crippen molar-refractivity contribution in [1.82, 2.24) is 19.3 Å². The van der Waals surface area contributed by atoms with Gasteiger partial charge in [0.25, 0.3) is 10.8 Å². The van der Waals surface area contributed by atoms with Gasteiger partial charge in [0, 0.05) is 11.9 Å². The Kier molecular flexibility index (Phi) is 3.42. The van der Waals surface area contributed by atoms with Gasteiger partial charge in [-0.15, -0.1) is 21.5 Å². The van der Waals surface area contributed by atoms with Crippen molar-refractivity contribution < 1.29 is 4.42 Å². The molecule has 120 valence electrons. The smallest absolute Gasteiger partial charge is 0.332 e. The van der Waals surface area contributed by atoms with Crippen LogP contribution in [-0.2, 0) is 26.4 Å². The predicted molar refractivity (Wildman–Crippen MR) is 88.5 cm³/mol. The Bertz CT molecular complexity index is 1030. The molecule has 3 aromatic heterocycles. The average molecular weight is 350 g/mol. The van der Waals surface area contributed by atoms with Gasteiger partial charge in [0.1, 0.15) is 11.4 Å². The molecular weight excluding hydrogens is 336 g/mol. The number of fused-ring (bicyclic) bond motifs is 3. The number of rotatable bonds is 3. The van der Waals surface area contributed by atoms with E-state index in [-0.39, 0.29) is 23.7 Å². The van der Waals surface area contributed by atoms with Crippen LogP contribution >= 0.6 is 23.1 Å². The molecular formula is C14H14N4O3S2. The van der Waals surface area contributed by atoms with Crippen molar-refractivity contribution in [2.45, 2.75) is 31.0 Å². The van der Waals surface area contributed by atoms with Crippen LogP contribution in [0, 0.1) is 0 Å². The molecule has 9 heteroatoms. The van der Waals surface area contributed by atoms with Crippen LogP contribution in [0.25, 0.3) is 10.2 Å². The Morgan fingerprint density at radius 2 is 2.13 bits per heavy atom. The lowest BCUT2D eigenvalue weighted by atomic mass is 10.2. The molecule has 3 aromatic rings. The van der Waals surface area contributed by atoms with Gasteiger partial charge in [-0.1, -0.05) is 11.8 Å². The Hall–Kier alpha value is -1.87. The maximum absolute atomic E-state index is 12.9. The monoisotopic (exact) mass is 350 g/mol. The van der Waals surface area contributed by atoms with E-state index < -0.39 is 0 Å². The van der Waals surface area contributed by atoms with Crippen LogP contribution in [0.1, 0.15) is 22.8 Å². The first-order chi connectivity index (χ1) is 11.1. The maximum atomic E-state index is 12.9. The Morgan fingerprint density at radius 1 is 1.30 bits per heavy atom. The zero-order valence-corrected chi connectivity index (χ0v) is 14.3. The first-order valence-electron chi connectivity index (χ1n) is 7.20. The van der Waals surface area contributed by atoms with Gasteiger partial charge < -0.3 is 4.42 Å². The second kappa shape index (κ2) is 5.34. The van der Waals surface area contributed by atoms with E-state index in [2.05, 4.69) is 10.2 Å². The lowest BCUT2D eigenvalue weighted by Gasteiger charge is -2.07. The van der Waals surface area contributed by atoms with Crippen LogP contribution < -0.4 is 11.2 Å². The highest BCUT2D eigenvalue weighted by atomic mass is 32.2. The van der Waals surface area contributed by atoms with Crippen molar-refractivity contribution in [3.8, 4) is 0 Å². The molecule has 0 aromatic carbocycles. The first kappa shape index (κ1) is 14.7. The third kappa shape index (κ3) is 2.18. The van der Waals surface area contributed by atoms with Crippen LogP contribution in [0.15, 0.2) is 19.2 Å². The Morgan fingerprint density at radius 3 is 2.87 bits per heavy atom. The van der Waals surface area contributed by atoms with Gasteiger partial charge in [-0.3, -0.25) is 13.9 Å². The van der Waals surface area contributed by atoms with Gasteiger partial charge in [0.15, 0.2) is 0 Å². The highest BCUT2D eigenvalue weighted by Crippen LogP contribution is 2.34. The summed E-state index contributed by atoms with van der Waals surface area (Å²) >= 11 is 2.88. The third-order valence-electron chi connectivity index (χ3n) is 4.10. The van der Waals surface area contributed by atoms with E-state index >= 15 is 0 Å². The SMILES string of the molecule is CSc1nnc(Cn2c(=O)c3c4c(sc3n(C)c2=O)CCC4)o1. The maximum Gasteiger partial charge on any atom is 0.332 e. The zero-order chi connectivity index (χ0) is 16.1. The van der Waals surface area contributed by atoms with Gasteiger partial charge in [-0.25, -0.2) is 4.79 Å². The summed E-state index contributed by atoms with van der Waals surface area (Å²) in [4.78, 5) is 27.4. The number of nitrogens with zero attached hydrogens (tertiary/aromatic N) is 4. The van der Waals surface area contributed by atoms with E-state index in [1.165, 1.54) is 21.2 Å². The molecule has 3 heterocycles. The number of hydrogen-bond donors (Lipinski definition) is 0. The summed E-state index contributed by atoms with van der Waals surface area (Å²) in [5, 5.41) is 8.83. The van der Waals surface area contributed by atoms with Crippen molar-refractivity contribution in [3.63, 3.8) is 0 Å². The van der Waals surface area contributed by atoms with E-state index in [0.717, 1.165) is 29.7 Å². The van der Waals surface area contributed by atoms with E-state index in [4.69, 9.17) is 4.42 Å². The Balaban J connectivity index is 1.92. The second-order valence-corrected chi connectivity index (χ2v) is 7.28. The summed E-state index contributed by atoms with van der Waals surface area (Å²) in [6.45, 7) is -0.000370. The molecule has 0 saturated carbocycles. The molecule has 0 N–H and O–H groups in total. The molecule has 1 aliphatic carbocycles. The molecule has 4 rings (SSSR count). The van der Waals surface area contributed by atoms with E-state index in [1.807, 2.05) is 6.26 Å². The normalized spacial score (nSPS) is 13.8. The molecule has 0 aliphatic heterocycles. The lowest BCUT2D eigenvalue weighted by molar-refractivity contribution is 0.399. The molecule has 0 unspecified atom stereocenters. The summed E-state index contributed by atoms with van der Waals surface area (Å²) in [5.41, 5.74) is 0.493. The number of hydrogen-bond acceptors (Lipinski definition) is 7. The number of aryl methyl sites for hydroxylation is 3. The third-order valence-corrected chi connectivity index (χ3v) is 5.98. The molecule has 23 heavy (non-hydrogen) atoms. The van der Waals surface area contributed by atoms with Gasteiger partial charge in [-0.2, -0.15) is 0 Å². The highest BCUT2D eigenvalue weighted by molar-refractivity contribution is 7.98. The van der Waals surface area contributed by atoms with Gasteiger partial charge in [-0.05, 0) is 31.1 Å². The first-order valence-corrected chi connectivity index (χ1v) is 9.24. The quantitative estimate of drug-likeness (QED) is 0.664. The van der Waals surface area contributed by atoms with Crippen LogP contribution in [0.4, 0.5) is 0 Å². The summed E-state index contributed by atoms with van der Waals surface area (Å²) in [5.74, 6) is 0.264. The fraction of sp³-hybridized carbons (Fsp3) is 0.429. The summed E-state index contributed by atoms with van der Waals surface area (Å²) < 4.78 is 8.14.